The molecule has 0 aliphatic carbocycles. The predicted octanol–water partition coefficient (Wildman–Crippen LogP) is 1.45. The minimum atomic E-state index is -0.360. The maximum Gasteiger partial charge on any atom is 0.286 e. The number of aryl methyl sites for hydroxylation is 1. The monoisotopic (exact) mass is 257 g/mol. The second kappa shape index (κ2) is 5.39. The molecule has 0 atom stereocenters. The minimum absolute atomic E-state index is 0.219. The summed E-state index contributed by atoms with van der Waals surface area (Å²) in [4.78, 5) is 23.3. The van der Waals surface area contributed by atoms with Gasteiger partial charge in [0.05, 0.1) is 5.69 Å². The Hall–Kier alpha value is -2.56. The molecular formula is C14H15N3O2. The van der Waals surface area contributed by atoms with Crippen molar-refractivity contribution in [2.45, 2.75) is 6.92 Å². The van der Waals surface area contributed by atoms with Gasteiger partial charge in [-0.15, -0.1) is 0 Å². The van der Waals surface area contributed by atoms with Crippen LogP contribution >= 0.6 is 0 Å². The number of anilines is 1. The third-order valence-corrected chi connectivity index (χ3v) is 2.79. The number of hydrazine groups is 1. The van der Waals surface area contributed by atoms with Crippen molar-refractivity contribution in [3.05, 3.63) is 64.1 Å². The number of nitrogens with one attached hydrogen (secondary N) is 2. The van der Waals surface area contributed by atoms with Gasteiger partial charge in [-0.1, -0.05) is 23.8 Å². The first-order valence-electron chi connectivity index (χ1n) is 5.87. The summed E-state index contributed by atoms with van der Waals surface area (Å²) in [6.45, 7) is 1.99. The van der Waals surface area contributed by atoms with Crippen LogP contribution in [0.2, 0.25) is 0 Å². The number of carbonyl (C=O) groups is 1. The van der Waals surface area contributed by atoms with Crippen molar-refractivity contribution in [1.29, 1.82) is 0 Å². The Morgan fingerprint density at radius 3 is 2.47 bits per heavy atom. The van der Waals surface area contributed by atoms with Crippen molar-refractivity contribution < 1.29 is 4.79 Å². The van der Waals surface area contributed by atoms with E-state index in [-0.39, 0.29) is 11.5 Å². The molecule has 1 aromatic heterocycles. The lowest BCUT2D eigenvalue weighted by molar-refractivity contribution is 0.0953. The largest absolute Gasteiger partial charge is 0.307 e. The molecule has 1 heterocycles. The Labute approximate surface area is 110 Å². The molecule has 0 saturated carbocycles. The smallest absolute Gasteiger partial charge is 0.286 e. The van der Waals surface area contributed by atoms with Crippen LogP contribution in [0.5, 0.6) is 0 Å². The lowest BCUT2D eigenvalue weighted by atomic mass is 10.2. The zero-order valence-corrected chi connectivity index (χ0v) is 10.8. The molecule has 0 fully saturated rings. The van der Waals surface area contributed by atoms with E-state index in [2.05, 4.69) is 10.9 Å². The van der Waals surface area contributed by atoms with E-state index in [0.29, 0.717) is 5.69 Å². The van der Waals surface area contributed by atoms with Crippen LogP contribution in [0.1, 0.15) is 16.1 Å². The Balaban J connectivity index is 2.07. The molecule has 19 heavy (non-hydrogen) atoms. The normalized spacial score (nSPS) is 10.0. The van der Waals surface area contributed by atoms with Gasteiger partial charge in [-0.05, 0) is 25.1 Å². The number of amides is 1. The van der Waals surface area contributed by atoms with Gasteiger partial charge < -0.3 is 4.57 Å². The summed E-state index contributed by atoms with van der Waals surface area (Å²) in [5, 5.41) is 0. The fraction of sp³-hybridized carbons (Fsp3) is 0.143. The summed E-state index contributed by atoms with van der Waals surface area (Å²) in [6, 6.07) is 12.2. The van der Waals surface area contributed by atoms with Crippen molar-refractivity contribution in [1.82, 2.24) is 9.99 Å². The maximum absolute atomic E-state index is 11.9. The van der Waals surface area contributed by atoms with E-state index in [4.69, 9.17) is 0 Å². The van der Waals surface area contributed by atoms with E-state index in [1.165, 1.54) is 10.6 Å². The van der Waals surface area contributed by atoms with Crippen molar-refractivity contribution in [3.8, 4) is 0 Å². The minimum Gasteiger partial charge on any atom is -0.307 e. The van der Waals surface area contributed by atoms with Crippen LogP contribution in [0.3, 0.4) is 0 Å². The first-order valence-corrected chi connectivity index (χ1v) is 5.87. The van der Waals surface area contributed by atoms with Gasteiger partial charge in [0.1, 0.15) is 5.69 Å². The van der Waals surface area contributed by atoms with Crippen molar-refractivity contribution in [2.75, 3.05) is 5.43 Å². The van der Waals surface area contributed by atoms with Crippen LogP contribution in [-0.4, -0.2) is 10.5 Å². The maximum atomic E-state index is 11.9. The zero-order chi connectivity index (χ0) is 13.8. The number of hydrogen-bond donors (Lipinski definition) is 2. The number of pyridine rings is 1. The van der Waals surface area contributed by atoms with Crippen LogP contribution in [0.4, 0.5) is 5.69 Å². The lowest BCUT2D eigenvalue weighted by Gasteiger charge is -2.10. The number of nitrogens with zero attached hydrogens (tertiary/aromatic N) is 1. The van der Waals surface area contributed by atoms with Crippen LogP contribution in [-0.2, 0) is 7.05 Å². The highest BCUT2D eigenvalue weighted by molar-refractivity contribution is 5.93. The van der Waals surface area contributed by atoms with Crippen LogP contribution < -0.4 is 16.4 Å². The highest BCUT2D eigenvalue weighted by Crippen LogP contribution is 2.07. The van der Waals surface area contributed by atoms with Gasteiger partial charge >= 0.3 is 0 Å². The molecular weight excluding hydrogens is 242 g/mol. The third-order valence-electron chi connectivity index (χ3n) is 2.79. The second-order valence-electron chi connectivity index (χ2n) is 4.25. The molecule has 0 bridgehead atoms. The molecule has 0 unspecified atom stereocenters. The topological polar surface area (TPSA) is 63.1 Å². The predicted molar refractivity (Wildman–Crippen MR) is 74.0 cm³/mol. The van der Waals surface area contributed by atoms with Gasteiger partial charge in [0, 0.05) is 13.1 Å². The van der Waals surface area contributed by atoms with E-state index < -0.39 is 0 Å². The van der Waals surface area contributed by atoms with Gasteiger partial charge in [-0.3, -0.25) is 20.4 Å². The van der Waals surface area contributed by atoms with Crippen molar-refractivity contribution in [3.63, 3.8) is 0 Å². The molecule has 2 rings (SSSR count). The molecule has 5 heteroatoms. The van der Waals surface area contributed by atoms with Crippen molar-refractivity contribution in [2.24, 2.45) is 7.05 Å². The van der Waals surface area contributed by atoms with E-state index in [1.807, 2.05) is 31.2 Å². The summed E-state index contributed by atoms with van der Waals surface area (Å²) in [5.41, 5.74) is 7.35. The fourth-order valence-electron chi connectivity index (χ4n) is 1.62. The SMILES string of the molecule is Cc1ccc(NNC(=O)c2cccc(=O)n2C)cc1. The molecule has 1 aromatic carbocycles. The molecule has 2 N–H and O–H groups in total. The molecule has 0 aliphatic rings. The summed E-state index contributed by atoms with van der Waals surface area (Å²) in [7, 11) is 1.56. The first kappa shape index (κ1) is 12.9. The quantitative estimate of drug-likeness (QED) is 0.818. The highest BCUT2D eigenvalue weighted by Gasteiger charge is 2.08. The Morgan fingerprint density at radius 1 is 1.11 bits per heavy atom. The molecule has 0 aliphatic heterocycles. The van der Waals surface area contributed by atoms with Gasteiger partial charge in [0.25, 0.3) is 11.5 Å². The van der Waals surface area contributed by atoms with E-state index in [9.17, 15) is 9.59 Å². The summed E-state index contributed by atoms with van der Waals surface area (Å²) >= 11 is 0. The van der Waals surface area contributed by atoms with Gasteiger partial charge in [0.15, 0.2) is 0 Å². The molecule has 0 radical (unpaired) electrons. The molecule has 0 spiro atoms. The molecule has 1 amide bonds. The van der Waals surface area contributed by atoms with Gasteiger partial charge in [0.2, 0.25) is 0 Å². The van der Waals surface area contributed by atoms with Crippen molar-refractivity contribution >= 4 is 11.6 Å². The zero-order valence-electron chi connectivity index (χ0n) is 10.8. The Bertz CT molecular complexity index is 644. The third kappa shape index (κ3) is 3.01. The standard InChI is InChI=1S/C14H15N3O2/c1-10-6-8-11(9-7-10)15-16-14(19)12-4-3-5-13(18)17(12)2/h3-9,15H,1-2H3,(H,16,19). The number of hydrogen-bond acceptors (Lipinski definition) is 3. The number of aromatic nitrogens is 1. The fourth-order valence-corrected chi connectivity index (χ4v) is 1.62. The summed E-state index contributed by atoms with van der Waals surface area (Å²) in [5.74, 6) is -0.360. The number of benzene rings is 1. The average molecular weight is 257 g/mol. The molecule has 2 aromatic rings. The van der Waals surface area contributed by atoms with Gasteiger partial charge in [-0.2, -0.15) is 0 Å². The van der Waals surface area contributed by atoms with E-state index >= 15 is 0 Å². The summed E-state index contributed by atoms with van der Waals surface area (Å²) in [6.07, 6.45) is 0. The van der Waals surface area contributed by atoms with Crippen LogP contribution in [0.25, 0.3) is 0 Å². The van der Waals surface area contributed by atoms with Crippen LogP contribution in [0.15, 0.2) is 47.3 Å². The number of carbonyl (C=O) groups excluding carboxylic acids is 1. The Kier molecular flexibility index (Phi) is 3.66. The molecule has 98 valence electrons. The van der Waals surface area contributed by atoms with E-state index in [1.54, 1.807) is 19.2 Å². The van der Waals surface area contributed by atoms with Crippen LogP contribution in [0, 0.1) is 6.92 Å². The first-order chi connectivity index (χ1) is 9.08. The lowest BCUT2D eigenvalue weighted by Crippen LogP contribution is -2.33. The molecule has 0 saturated heterocycles. The highest BCUT2D eigenvalue weighted by atomic mass is 16.2. The van der Waals surface area contributed by atoms with E-state index in [0.717, 1.165) is 11.3 Å². The summed E-state index contributed by atoms with van der Waals surface area (Å²) < 4.78 is 1.30. The number of rotatable bonds is 3. The molecule has 5 nitrogen and oxygen atoms in total. The second-order valence-corrected chi connectivity index (χ2v) is 4.25. The van der Waals surface area contributed by atoms with Gasteiger partial charge in [-0.25, -0.2) is 0 Å². The Morgan fingerprint density at radius 2 is 1.79 bits per heavy atom. The average Bonchev–Trinajstić information content (AvgIpc) is 2.41.